The van der Waals surface area contributed by atoms with E-state index in [1.54, 1.807) is 0 Å². The number of benzene rings is 1. The Hall–Kier alpha value is -2.16. The Kier molecular flexibility index (Phi) is 5.41. The number of halogens is 4. The summed E-state index contributed by atoms with van der Waals surface area (Å²) in [6.45, 7) is -0.280. The molecule has 2 N–H and O–H groups in total. The minimum Gasteiger partial charge on any atom is -0.393 e. The highest BCUT2D eigenvalue weighted by Crippen LogP contribution is 2.35. The van der Waals surface area contributed by atoms with Crippen molar-refractivity contribution in [3.05, 3.63) is 35.4 Å². The summed E-state index contributed by atoms with van der Waals surface area (Å²) in [5.41, 5.74) is -0.871. The number of aliphatic hydroxyl groups is 1. The van der Waals surface area contributed by atoms with Gasteiger partial charge in [0.25, 0.3) is 5.91 Å². The van der Waals surface area contributed by atoms with Gasteiger partial charge in [-0.15, -0.1) is 0 Å². The maximum absolute atomic E-state index is 13.2. The van der Waals surface area contributed by atoms with Crippen LogP contribution in [-0.4, -0.2) is 53.2 Å². The molecule has 27 heavy (non-hydrogen) atoms. The van der Waals surface area contributed by atoms with Crippen molar-refractivity contribution in [2.24, 2.45) is 5.92 Å². The van der Waals surface area contributed by atoms with E-state index in [2.05, 4.69) is 5.32 Å². The van der Waals surface area contributed by atoms with E-state index in [1.807, 2.05) is 0 Å². The van der Waals surface area contributed by atoms with E-state index < -0.39 is 35.8 Å². The predicted molar refractivity (Wildman–Crippen MR) is 87.5 cm³/mol. The second kappa shape index (κ2) is 7.46. The highest BCUT2D eigenvalue weighted by atomic mass is 19.4. The molecule has 0 saturated heterocycles. The molecule has 2 atom stereocenters. The molecule has 1 aromatic carbocycles. The lowest BCUT2D eigenvalue weighted by Crippen LogP contribution is -2.50. The molecule has 2 amide bonds. The number of hydrogen-bond donors (Lipinski definition) is 2. The molecule has 2 aliphatic carbocycles. The highest BCUT2D eigenvalue weighted by molar-refractivity contribution is 5.96. The fourth-order valence-corrected chi connectivity index (χ4v) is 3.04. The van der Waals surface area contributed by atoms with Crippen molar-refractivity contribution in [1.82, 2.24) is 10.2 Å². The average molecular weight is 388 g/mol. The first-order valence-electron chi connectivity index (χ1n) is 8.71. The van der Waals surface area contributed by atoms with Crippen LogP contribution in [0.5, 0.6) is 0 Å². The van der Waals surface area contributed by atoms with Crippen molar-refractivity contribution in [3.63, 3.8) is 0 Å². The fraction of sp³-hybridized carbons (Fsp3) is 0.556. The number of rotatable bonds is 6. The lowest BCUT2D eigenvalue weighted by atomic mass is 9.89. The molecule has 2 saturated carbocycles. The lowest BCUT2D eigenvalue weighted by molar-refractivity contribution is -0.137. The maximum atomic E-state index is 13.2. The van der Waals surface area contributed by atoms with Crippen molar-refractivity contribution < 1.29 is 32.3 Å². The zero-order valence-electron chi connectivity index (χ0n) is 14.4. The van der Waals surface area contributed by atoms with Crippen LogP contribution in [0.3, 0.4) is 0 Å². The van der Waals surface area contributed by atoms with Crippen molar-refractivity contribution in [1.29, 1.82) is 0 Å². The molecule has 2 fully saturated rings. The third kappa shape index (κ3) is 4.97. The van der Waals surface area contributed by atoms with Crippen LogP contribution in [0.1, 0.15) is 35.2 Å². The Morgan fingerprint density at radius 3 is 2.22 bits per heavy atom. The summed E-state index contributed by atoms with van der Waals surface area (Å²) in [6, 6.07) is 3.55. The van der Waals surface area contributed by atoms with Crippen LogP contribution in [0.25, 0.3) is 0 Å². The molecule has 0 bridgehead atoms. The Labute approximate surface area is 153 Å². The molecule has 148 valence electrons. The second-order valence-electron chi connectivity index (χ2n) is 7.16. The molecule has 2 aliphatic rings. The third-order valence-electron chi connectivity index (χ3n) is 4.85. The molecule has 3 rings (SSSR count). The summed E-state index contributed by atoms with van der Waals surface area (Å²) >= 11 is 0. The Bertz CT molecular complexity index is 702. The van der Waals surface area contributed by atoms with E-state index in [0.29, 0.717) is 19.3 Å². The number of alkyl halides is 4. The number of hydrogen-bond acceptors (Lipinski definition) is 3. The zero-order valence-corrected chi connectivity index (χ0v) is 14.4. The van der Waals surface area contributed by atoms with Gasteiger partial charge >= 0.3 is 6.18 Å². The van der Waals surface area contributed by atoms with Gasteiger partial charge in [-0.3, -0.25) is 9.59 Å². The molecule has 0 heterocycles. The summed E-state index contributed by atoms with van der Waals surface area (Å²) in [7, 11) is 0. The molecule has 5 nitrogen and oxygen atoms in total. The summed E-state index contributed by atoms with van der Waals surface area (Å²) in [5.74, 6) is -1.42. The molecule has 0 unspecified atom stereocenters. The SMILES string of the molecule is O=C(CN(C[C@@H]1C[C@@H]1F)C(=O)c1ccc(C(F)(F)F)cc1)NC1CC(O)C1. The quantitative estimate of drug-likeness (QED) is 0.734. The molecule has 0 radical (unpaired) electrons. The normalized spacial score (nSPS) is 26.9. The predicted octanol–water partition coefficient (Wildman–Crippen LogP) is 2.15. The van der Waals surface area contributed by atoms with Crippen LogP contribution in [0.4, 0.5) is 17.6 Å². The third-order valence-corrected chi connectivity index (χ3v) is 4.85. The topological polar surface area (TPSA) is 69.6 Å². The van der Waals surface area contributed by atoms with Gasteiger partial charge in [0.1, 0.15) is 6.17 Å². The van der Waals surface area contributed by atoms with E-state index in [9.17, 15) is 32.3 Å². The van der Waals surface area contributed by atoms with Crippen molar-refractivity contribution in [3.8, 4) is 0 Å². The Morgan fingerprint density at radius 1 is 1.15 bits per heavy atom. The molecule has 0 aliphatic heterocycles. The number of carbonyl (C=O) groups is 2. The summed E-state index contributed by atoms with van der Waals surface area (Å²) < 4.78 is 51.2. The molecular weight excluding hydrogens is 368 g/mol. The molecule has 0 aromatic heterocycles. The Balaban J connectivity index is 1.66. The van der Waals surface area contributed by atoms with Crippen molar-refractivity contribution >= 4 is 11.8 Å². The van der Waals surface area contributed by atoms with Gasteiger partial charge < -0.3 is 15.3 Å². The van der Waals surface area contributed by atoms with Gasteiger partial charge in [0, 0.05) is 24.1 Å². The molecular formula is C18H20F4N2O3. The van der Waals surface area contributed by atoms with Crippen molar-refractivity contribution in [2.45, 2.75) is 43.8 Å². The first-order valence-corrected chi connectivity index (χ1v) is 8.71. The summed E-state index contributed by atoms with van der Waals surface area (Å²) in [4.78, 5) is 25.9. The summed E-state index contributed by atoms with van der Waals surface area (Å²) in [6.07, 6.45) is -4.81. The van der Waals surface area contributed by atoms with E-state index in [1.165, 1.54) is 0 Å². The van der Waals surface area contributed by atoms with E-state index in [4.69, 9.17) is 0 Å². The van der Waals surface area contributed by atoms with Gasteiger partial charge in [-0.1, -0.05) is 0 Å². The minimum absolute atomic E-state index is 0.00549. The zero-order chi connectivity index (χ0) is 19.8. The number of amides is 2. The van der Waals surface area contributed by atoms with Crippen LogP contribution in [-0.2, 0) is 11.0 Å². The number of aliphatic hydroxyl groups excluding tert-OH is 1. The molecule has 0 spiro atoms. The smallest absolute Gasteiger partial charge is 0.393 e. The summed E-state index contributed by atoms with van der Waals surface area (Å²) in [5, 5.41) is 11.9. The monoisotopic (exact) mass is 388 g/mol. The second-order valence-corrected chi connectivity index (χ2v) is 7.16. The Morgan fingerprint density at radius 2 is 1.74 bits per heavy atom. The highest BCUT2D eigenvalue weighted by Gasteiger charge is 2.40. The minimum atomic E-state index is -4.51. The van der Waals surface area contributed by atoms with E-state index in [0.717, 1.165) is 29.2 Å². The maximum Gasteiger partial charge on any atom is 0.416 e. The van der Waals surface area contributed by atoms with Gasteiger partial charge in [0.05, 0.1) is 18.2 Å². The van der Waals surface area contributed by atoms with Crippen LogP contribution in [0, 0.1) is 5.92 Å². The number of carbonyl (C=O) groups excluding carboxylic acids is 2. The van der Waals surface area contributed by atoms with Crippen LogP contribution < -0.4 is 5.32 Å². The van der Waals surface area contributed by atoms with Gasteiger partial charge in [0.15, 0.2) is 0 Å². The molecule has 9 heteroatoms. The van der Waals surface area contributed by atoms with Gasteiger partial charge in [-0.2, -0.15) is 13.2 Å². The van der Waals surface area contributed by atoms with Gasteiger partial charge in [-0.05, 0) is 43.5 Å². The first kappa shape index (κ1) is 19.6. The standard InChI is InChI=1S/C18H20F4N2O3/c19-15-5-11(15)8-24(9-16(26)23-13-6-14(25)7-13)17(27)10-1-3-12(4-2-10)18(20,21)22/h1-4,11,13-15,25H,5-9H2,(H,23,26)/t11-,13?,14?,15-/m0/s1. The van der Waals surface area contributed by atoms with Gasteiger partial charge in [0.2, 0.25) is 5.91 Å². The lowest BCUT2D eigenvalue weighted by Gasteiger charge is -2.32. The van der Waals surface area contributed by atoms with Gasteiger partial charge in [-0.25, -0.2) is 4.39 Å². The van der Waals surface area contributed by atoms with Crippen molar-refractivity contribution in [2.75, 3.05) is 13.1 Å². The van der Waals surface area contributed by atoms with Crippen LogP contribution in [0.15, 0.2) is 24.3 Å². The van der Waals surface area contributed by atoms with E-state index in [-0.39, 0.29) is 30.6 Å². The van der Waals surface area contributed by atoms with E-state index >= 15 is 0 Å². The average Bonchev–Trinajstić information content (AvgIpc) is 3.26. The number of nitrogens with one attached hydrogen (secondary N) is 1. The molecule has 1 aromatic rings. The first-order chi connectivity index (χ1) is 12.6. The van der Waals surface area contributed by atoms with Crippen LogP contribution in [0.2, 0.25) is 0 Å². The number of nitrogens with zero attached hydrogens (tertiary/aromatic N) is 1. The van der Waals surface area contributed by atoms with Crippen LogP contribution >= 0.6 is 0 Å². The fourth-order valence-electron chi connectivity index (χ4n) is 3.04. The largest absolute Gasteiger partial charge is 0.416 e.